The Balaban J connectivity index is 2.24. The summed E-state index contributed by atoms with van der Waals surface area (Å²) in [6.45, 7) is 8.56. The summed E-state index contributed by atoms with van der Waals surface area (Å²) in [5.41, 5.74) is 2.84. The highest BCUT2D eigenvalue weighted by atomic mass is 16.6. The summed E-state index contributed by atoms with van der Waals surface area (Å²) in [5.74, 6) is 1.16. The zero-order chi connectivity index (χ0) is 13.3. The third kappa shape index (κ3) is 2.82. The van der Waals surface area contributed by atoms with Gasteiger partial charge >= 0.3 is 5.97 Å². The van der Waals surface area contributed by atoms with Crippen molar-refractivity contribution in [3.05, 3.63) is 22.8 Å². The molecular formula is C14H18O4. The predicted octanol–water partition coefficient (Wildman–Crippen LogP) is 2.31. The van der Waals surface area contributed by atoms with E-state index in [0.29, 0.717) is 12.4 Å². The molecule has 1 fully saturated rings. The highest BCUT2D eigenvalue weighted by Crippen LogP contribution is 2.33. The van der Waals surface area contributed by atoms with Gasteiger partial charge in [-0.05, 0) is 43.5 Å². The highest BCUT2D eigenvalue weighted by Gasteiger charge is 2.24. The molecular weight excluding hydrogens is 232 g/mol. The highest BCUT2D eigenvalue weighted by molar-refractivity contribution is 5.71. The van der Waals surface area contributed by atoms with Crippen molar-refractivity contribution in [3.63, 3.8) is 0 Å². The molecule has 18 heavy (non-hydrogen) atoms. The van der Waals surface area contributed by atoms with Crippen LogP contribution in [0.4, 0.5) is 0 Å². The van der Waals surface area contributed by atoms with Crippen molar-refractivity contribution in [2.24, 2.45) is 0 Å². The number of hydrogen-bond acceptors (Lipinski definition) is 4. The van der Waals surface area contributed by atoms with Crippen LogP contribution >= 0.6 is 0 Å². The Bertz CT molecular complexity index is 475. The Hall–Kier alpha value is -1.55. The van der Waals surface area contributed by atoms with Gasteiger partial charge in [0.2, 0.25) is 0 Å². The number of benzene rings is 1. The van der Waals surface area contributed by atoms with E-state index in [-0.39, 0.29) is 12.1 Å². The van der Waals surface area contributed by atoms with Crippen molar-refractivity contribution < 1.29 is 19.0 Å². The average Bonchev–Trinajstić information content (AvgIpc) is 3.11. The normalized spacial score (nSPS) is 17.4. The summed E-state index contributed by atoms with van der Waals surface area (Å²) in [4.78, 5) is 11.1. The number of epoxide rings is 1. The first-order valence-corrected chi connectivity index (χ1v) is 6.02. The maximum atomic E-state index is 11.1. The van der Waals surface area contributed by atoms with Gasteiger partial charge in [-0.15, -0.1) is 0 Å². The van der Waals surface area contributed by atoms with E-state index < -0.39 is 0 Å². The van der Waals surface area contributed by atoms with Crippen LogP contribution in [0.3, 0.4) is 0 Å². The summed E-state index contributed by atoms with van der Waals surface area (Å²) >= 11 is 0. The van der Waals surface area contributed by atoms with Gasteiger partial charge in [-0.3, -0.25) is 4.79 Å². The number of ether oxygens (including phenoxy) is 3. The van der Waals surface area contributed by atoms with E-state index in [9.17, 15) is 4.79 Å². The molecule has 1 heterocycles. The van der Waals surface area contributed by atoms with E-state index in [1.807, 2.05) is 26.8 Å². The quantitative estimate of drug-likeness (QED) is 0.467. The SMILES string of the molecule is CC(=O)Oc1c(C)cc(OCC2CO2)c(C)c1C. The van der Waals surface area contributed by atoms with Crippen LogP contribution in [0.1, 0.15) is 23.6 Å². The van der Waals surface area contributed by atoms with Crippen molar-refractivity contribution in [3.8, 4) is 11.5 Å². The molecule has 2 rings (SSSR count). The summed E-state index contributed by atoms with van der Waals surface area (Å²) in [7, 11) is 0. The Labute approximate surface area is 107 Å². The van der Waals surface area contributed by atoms with E-state index >= 15 is 0 Å². The van der Waals surface area contributed by atoms with Crippen molar-refractivity contribution in [2.45, 2.75) is 33.8 Å². The van der Waals surface area contributed by atoms with Crippen LogP contribution < -0.4 is 9.47 Å². The largest absolute Gasteiger partial charge is 0.490 e. The van der Waals surface area contributed by atoms with Gasteiger partial charge in [0.25, 0.3) is 0 Å². The first kappa shape index (κ1) is 12.9. The van der Waals surface area contributed by atoms with Crippen molar-refractivity contribution in [2.75, 3.05) is 13.2 Å². The van der Waals surface area contributed by atoms with Gasteiger partial charge in [0.1, 0.15) is 24.2 Å². The monoisotopic (exact) mass is 250 g/mol. The molecule has 1 aromatic rings. The first-order chi connectivity index (χ1) is 8.49. The lowest BCUT2D eigenvalue weighted by molar-refractivity contribution is -0.131. The summed E-state index contributed by atoms with van der Waals surface area (Å²) in [6, 6.07) is 1.91. The molecule has 0 spiro atoms. The second kappa shape index (κ2) is 4.98. The van der Waals surface area contributed by atoms with E-state index in [4.69, 9.17) is 14.2 Å². The Morgan fingerprint density at radius 3 is 2.61 bits per heavy atom. The van der Waals surface area contributed by atoms with E-state index in [1.165, 1.54) is 6.92 Å². The fourth-order valence-corrected chi connectivity index (χ4v) is 1.82. The lowest BCUT2D eigenvalue weighted by Gasteiger charge is -2.16. The van der Waals surface area contributed by atoms with Gasteiger partial charge < -0.3 is 14.2 Å². The molecule has 1 atom stereocenters. The van der Waals surface area contributed by atoms with Crippen molar-refractivity contribution in [1.29, 1.82) is 0 Å². The predicted molar refractivity (Wildman–Crippen MR) is 67.2 cm³/mol. The topological polar surface area (TPSA) is 48.1 Å². The minimum atomic E-state index is -0.305. The summed E-state index contributed by atoms with van der Waals surface area (Å²) in [5, 5.41) is 0. The standard InChI is InChI=1S/C14H18O4/c1-8-5-13(17-7-12-6-16-12)9(2)10(3)14(8)18-11(4)15/h5,12H,6-7H2,1-4H3. The molecule has 0 N–H and O–H groups in total. The third-order valence-electron chi connectivity index (χ3n) is 3.05. The molecule has 0 bridgehead atoms. The molecule has 4 heteroatoms. The molecule has 0 aliphatic carbocycles. The zero-order valence-corrected chi connectivity index (χ0v) is 11.2. The van der Waals surface area contributed by atoms with E-state index in [1.54, 1.807) is 0 Å². The van der Waals surface area contributed by atoms with Crippen LogP contribution in [0.5, 0.6) is 11.5 Å². The fourth-order valence-electron chi connectivity index (χ4n) is 1.82. The molecule has 1 unspecified atom stereocenters. The molecule has 0 radical (unpaired) electrons. The lowest BCUT2D eigenvalue weighted by Crippen LogP contribution is -2.09. The molecule has 1 aromatic carbocycles. The first-order valence-electron chi connectivity index (χ1n) is 6.02. The number of aryl methyl sites for hydroxylation is 1. The molecule has 1 aliphatic rings. The second-order valence-corrected chi connectivity index (χ2v) is 4.63. The number of rotatable bonds is 4. The van der Waals surface area contributed by atoms with Crippen LogP contribution in [-0.2, 0) is 9.53 Å². The molecule has 0 amide bonds. The molecule has 1 aliphatic heterocycles. The van der Waals surface area contributed by atoms with Gasteiger partial charge in [0.05, 0.1) is 6.61 Å². The number of hydrogen-bond donors (Lipinski definition) is 0. The van der Waals surface area contributed by atoms with Crippen molar-refractivity contribution in [1.82, 2.24) is 0 Å². The lowest BCUT2D eigenvalue weighted by atomic mass is 10.0. The van der Waals surface area contributed by atoms with Crippen LogP contribution in [0, 0.1) is 20.8 Å². The second-order valence-electron chi connectivity index (χ2n) is 4.63. The maximum absolute atomic E-state index is 11.1. The number of carbonyl (C=O) groups is 1. The van der Waals surface area contributed by atoms with Gasteiger partial charge in [0.15, 0.2) is 0 Å². The Morgan fingerprint density at radius 1 is 1.39 bits per heavy atom. The van der Waals surface area contributed by atoms with Crippen LogP contribution in [0.2, 0.25) is 0 Å². The van der Waals surface area contributed by atoms with E-state index in [2.05, 4.69) is 0 Å². The average molecular weight is 250 g/mol. The summed E-state index contributed by atoms with van der Waals surface area (Å²) in [6.07, 6.45) is 0.234. The summed E-state index contributed by atoms with van der Waals surface area (Å²) < 4.78 is 16.1. The van der Waals surface area contributed by atoms with Crippen molar-refractivity contribution >= 4 is 5.97 Å². The van der Waals surface area contributed by atoms with Gasteiger partial charge in [0, 0.05) is 6.92 Å². The molecule has 98 valence electrons. The molecule has 4 nitrogen and oxygen atoms in total. The van der Waals surface area contributed by atoms with Gasteiger partial charge in [-0.2, -0.15) is 0 Å². The number of carbonyl (C=O) groups excluding carboxylic acids is 1. The molecule has 0 aromatic heterocycles. The zero-order valence-electron chi connectivity index (χ0n) is 11.2. The maximum Gasteiger partial charge on any atom is 0.308 e. The Kier molecular flexibility index (Phi) is 3.57. The smallest absolute Gasteiger partial charge is 0.308 e. The van der Waals surface area contributed by atoms with Crippen LogP contribution in [0.15, 0.2) is 6.07 Å². The minimum absolute atomic E-state index is 0.234. The third-order valence-corrected chi connectivity index (χ3v) is 3.05. The molecule has 0 saturated carbocycles. The minimum Gasteiger partial charge on any atom is -0.490 e. The van der Waals surface area contributed by atoms with Gasteiger partial charge in [-0.1, -0.05) is 0 Å². The number of esters is 1. The van der Waals surface area contributed by atoms with Crippen LogP contribution in [0.25, 0.3) is 0 Å². The van der Waals surface area contributed by atoms with Crippen LogP contribution in [-0.4, -0.2) is 25.3 Å². The Morgan fingerprint density at radius 2 is 2.06 bits per heavy atom. The molecule has 1 saturated heterocycles. The fraction of sp³-hybridized carbons (Fsp3) is 0.500. The van der Waals surface area contributed by atoms with Gasteiger partial charge in [-0.25, -0.2) is 0 Å². The van der Waals surface area contributed by atoms with E-state index in [0.717, 1.165) is 29.0 Å².